The number of aliphatic hydroxyl groups is 17. The summed E-state index contributed by atoms with van der Waals surface area (Å²) in [5, 5.41) is 188. The van der Waals surface area contributed by atoms with E-state index in [0.717, 1.165) is 6.92 Å². The maximum Gasteiger partial charge on any atom is 0.217 e. The second-order valence-corrected chi connectivity index (χ2v) is 20.9. The molecule has 0 bridgehead atoms. The van der Waals surface area contributed by atoms with Crippen molar-refractivity contribution in [1.29, 1.82) is 0 Å². The first-order valence-electron chi connectivity index (χ1n) is 24.2. The van der Waals surface area contributed by atoms with Crippen LogP contribution in [0.25, 0.3) is 0 Å². The van der Waals surface area contributed by atoms with Crippen molar-refractivity contribution < 1.29 is 134 Å². The highest BCUT2D eigenvalue weighted by Gasteiger charge is 2.58. The lowest BCUT2D eigenvalue weighted by Crippen LogP contribution is -2.70. The Morgan fingerprint density at radius 3 is 1.50 bits per heavy atom. The third kappa shape index (κ3) is 12.4. The van der Waals surface area contributed by atoms with Crippen LogP contribution in [-0.4, -0.2) is 297 Å². The van der Waals surface area contributed by atoms with Crippen LogP contribution in [0, 0.1) is 17.3 Å². The summed E-state index contributed by atoms with van der Waals surface area (Å²) < 4.78 is 53.5. The standard InChI is InChI=1S/C44H77NO27/c1-13-6-16(24(53)29(58)23(13)52)65-39-31(60)26(55)18(9-47)69-43(39)71-37-22(45-14(2)51)41(67-19(10-48)27(37)56)72-38-28(57)20(11-49)68-42(34(38)63)70-35-15(8-46)7-17(25(54)30(35)59)64-36-21(12-50)66-40(44(3,4)5)33(62)32(36)61/h13,15-43,46-50,52-63H,6-12H2,1-5H3,(H,45,51)/t13?,15?,16?,17?,18?,19?,20?,21?,22?,23?,24?,25-,26+,27+,28+,29+,30?,31?,32?,33+,34?,35+,36-,37-,38+,39+,40?,41+,42-,43?/m1/s1. The quantitative estimate of drug-likeness (QED) is 0.0682. The van der Waals surface area contributed by atoms with Crippen LogP contribution in [0.4, 0.5) is 0 Å². The van der Waals surface area contributed by atoms with E-state index in [9.17, 15) is 91.6 Å². The zero-order valence-corrected chi connectivity index (χ0v) is 40.5. The largest absolute Gasteiger partial charge is 0.396 e. The van der Waals surface area contributed by atoms with Crippen molar-refractivity contribution in [3.05, 3.63) is 0 Å². The lowest BCUT2D eigenvalue weighted by atomic mass is 9.79. The van der Waals surface area contributed by atoms with E-state index in [1.807, 2.05) is 0 Å². The Kier molecular flexibility index (Phi) is 20.6. The monoisotopic (exact) mass is 1050 g/mol. The fraction of sp³-hybridized carbons (Fsp3) is 0.977. The number of carbonyl (C=O) groups is 1. The molecule has 4 heterocycles. The summed E-state index contributed by atoms with van der Waals surface area (Å²) in [5.41, 5.74) is -0.683. The summed E-state index contributed by atoms with van der Waals surface area (Å²) in [4.78, 5) is 12.8. The van der Waals surface area contributed by atoms with E-state index >= 15 is 0 Å². The van der Waals surface area contributed by atoms with E-state index in [2.05, 4.69) is 5.32 Å². The molecular formula is C44H77NO27. The molecule has 0 aromatic carbocycles. The van der Waals surface area contributed by atoms with Gasteiger partial charge in [0, 0.05) is 19.4 Å². The van der Waals surface area contributed by atoms with Crippen LogP contribution in [0.1, 0.15) is 47.5 Å². The van der Waals surface area contributed by atoms with Gasteiger partial charge in [-0.1, -0.05) is 27.7 Å². The zero-order chi connectivity index (χ0) is 53.4. The van der Waals surface area contributed by atoms with Crippen LogP contribution < -0.4 is 5.32 Å². The van der Waals surface area contributed by atoms with E-state index in [0.29, 0.717) is 0 Å². The second kappa shape index (κ2) is 24.8. The summed E-state index contributed by atoms with van der Waals surface area (Å²) in [7, 11) is 0. The third-order valence-electron chi connectivity index (χ3n) is 14.7. The number of rotatable bonds is 16. The first-order chi connectivity index (χ1) is 33.8. The van der Waals surface area contributed by atoms with Gasteiger partial charge in [-0.3, -0.25) is 4.79 Å². The van der Waals surface area contributed by atoms with Gasteiger partial charge in [-0.2, -0.15) is 0 Å². The van der Waals surface area contributed by atoms with Crippen molar-refractivity contribution in [2.75, 3.05) is 33.0 Å². The minimum absolute atomic E-state index is 0.0892. The molecule has 4 aliphatic heterocycles. The maximum absolute atomic E-state index is 12.8. The summed E-state index contributed by atoms with van der Waals surface area (Å²) in [5.74, 6) is -2.61. The number of aliphatic hydroxyl groups excluding tert-OH is 17. The Morgan fingerprint density at radius 2 is 0.931 bits per heavy atom. The number of hydrogen-bond donors (Lipinski definition) is 18. The summed E-state index contributed by atoms with van der Waals surface area (Å²) >= 11 is 0. The Hall–Kier alpha value is -1.57. The molecule has 0 radical (unpaired) electrons. The van der Waals surface area contributed by atoms with Gasteiger partial charge in [0.15, 0.2) is 18.9 Å². The van der Waals surface area contributed by atoms with Gasteiger partial charge >= 0.3 is 0 Å². The lowest BCUT2D eigenvalue weighted by molar-refractivity contribution is -0.377. The van der Waals surface area contributed by atoms with Gasteiger partial charge in [-0.25, -0.2) is 0 Å². The molecule has 0 aromatic rings. The van der Waals surface area contributed by atoms with Crippen molar-refractivity contribution in [1.82, 2.24) is 5.32 Å². The van der Waals surface area contributed by atoms with E-state index in [1.54, 1.807) is 27.7 Å². The molecule has 4 saturated heterocycles. The molecule has 0 spiro atoms. The molecule has 72 heavy (non-hydrogen) atoms. The number of carbonyl (C=O) groups excluding carboxylic acids is 1. The predicted octanol–water partition coefficient (Wildman–Crippen LogP) is -9.51. The van der Waals surface area contributed by atoms with Crippen molar-refractivity contribution in [2.45, 2.75) is 219 Å². The smallest absolute Gasteiger partial charge is 0.217 e. The van der Waals surface area contributed by atoms with Crippen LogP contribution in [-0.2, 0) is 47.4 Å². The minimum Gasteiger partial charge on any atom is -0.396 e. The van der Waals surface area contributed by atoms with Crippen molar-refractivity contribution in [2.24, 2.45) is 17.3 Å². The SMILES string of the molecule is CC(=O)NC1[C@H](O[C@@H]2C(O)[C@@H](O[C@H]3C(CO)CC(O[C@@H]4C(CO)OC(C(C)(C)C)[C@@H](O)C4O)[C@@H](O)C3O)OC(CO)[C@@H]2O)OC(CO)[C@H](O)[C@@H]1OC1OC(CO)[C@H](O)C(O)[C@@H]1OC1CC(C)C(O)[C@H](O)C1O. The fourth-order valence-electron chi connectivity index (χ4n) is 10.5. The molecule has 28 nitrogen and oxygen atoms in total. The molecule has 28 heteroatoms. The highest BCUT2D eigenvalue weighted by Crippen LogP contribution is 2.40. The average molecular weight is 1050 g/mol. The van der Waals surface area contributed by atoms with Gasteiger partial charge in [0.25, 0.3) is 0 Å². The maximum atomic E-state index is 12.8. The van der Waals surface area contributed by atoms with Crippen LogP contribution in [0.2, 0.25) is 0 Å². The molecule has 30 atom stereocenters. The fourth-order valence-corrected chi connectivity index (χ4v) is 10.5. The molecule has 18 N–H and O–H groups in total. The molecule has 6 aliphatic rings. The number of nitrogens with one attached hydrogen (secondary N) is 1. The molecule has 17 unspecified atom stereocenters. The number of hydrogen-bond acceptors (Lipinski definition) is 27. The molecule has 2 aliphatic carbocycles. The first-order valence-corrected chi connectivity index (χ1v) is 24.2. The van der Waals surface area contributed by atoms with Crippen molar-refractivity contribution >= 4 is 5.91 Å². The highest BCUT2D eigenvalue weighted by atomic mass is 16.8. The molecule has 2 saturated carbocycles. The van der Waals surface area contributed by atoms with E-state index in [-0.39, 0.29) is 12.8 Å². The minimum atomic E-state index is -2.13. The third-order valence-corrected chi connectivity index (χ3v) is 14.7. The summed E-state index contributed by atoms with van der Waals surface area (Å²) in [6.45, 7) is 3.59. The van der Waals surface area contributed by atoms with Crippen molar-refractivity contribution in [3.63, 3.8) is 0 Å². The first kappa shape index (κ1) is 59.7. The normalized spacial score (nSPS) is 50.6. The second-order valence-electron chi connectivity index (χ2n) is 20.9. The predicted molar refractivity (Wildman–Crippen MR) is 233 cm³/mol. The van der Waals surface area contributed by atoms with Gasteiger partial charge in [-0.05, 0) is 24.2 Å². The zero-order valence-electron chi connectivity index (χ0n) is 40.5. The summed E-state index contributed by atoms with van der Waals surface area (Å²) in [6, 6.07) is -1.72. The molecule has 1 amide bonds. The topological polar surface area (TPSA) is 456 Å². The van der Waals surface area contributed by atoms with Gasteiger partial charge in [0.1, 0.15) is 122 Å². The summed E-state index contributed by atoms with van der Waals surface area (Å²) in [6.07, 6.45) is -46.0. The number of amides is 1. The average Bonchev–Trinajstić information content (AvgIpc) is 3.33. The van der Waals surface area contributed by atoms with Crippen LogP contribution in [0.15, 0.2) is 0 Å². The van der Waals surface area contributed by atoms with E-state index in [4.69, 9.17) is 42.6 Å². The van der Waals surface area contributed by atoms with Crippen LogP contribution in [0.3, 0.4) is 0 Å². The Morgan fingerprint density at radius 1 is 0.458 bits per heavy atom. The van der Waals surface area contributed by atoms with E-state index < -0.39 is 228 Å². The van der Waals surface area contributed by atoms with E-state index in [1.165, 1.54) is 0 Å². The van der Waals surface area contributed by atoms with Crippen molar-refractivity contribution in [3.8, 4) is 0 Å². The van der Waals surface area contributed by atoms with Gasteiger partial charge in [-0.15, -0.1) is 0 Å². The molecular weight excluding hydrogens is 974 g/mol. The van der Waals surface area contributed by atoms with Crippen LogP contribution in [0.5, 0.6) is 0 Å². The number of ether oxygens (including phenoxy) is 9. The molecule has 6 rings (SSSR count). The molecule has 6 fully saturated rings. The Labute approximate surface area is 414 Å². The lowest BCUT2D eigenvalue weighted by Gasteiger charge is -2.51. The van der Waals surface area contributed by atoms with Gasteiger partial charge in [0.2, 0.25) is 5.91 Å². The Balaban J connectivity index is 1.23. The van der Waals surface area contributed by atoms with Gasteiger partial charge in [0.05, 0.1) is 56.9 Å². The molecule has 420 valence electrons. The van der Waals surface area contributed by atoms with Crippen LogP contribution >= 0.6 is 0 Å². The Bertz CT molecular complexity index is 1700. The molecule has 0 aromatic heterocycles. The van der Waals surface area contributed by atoms with Gasteiger partial charge < -0.3 is 135 Å². The highest BCUT2D eigenvalue weighted by molar-refractivity contribution is 5.73.